The van der Waals surface area contributed by atoms with E-state index in [0.717, 1.165) is 12.8 Å². The van der Waals surface area contributed by atoms with Crippen molar-refractivity contribution in [1.82, 2.24) is 14.7 Å². The Bertz CT molecular complexity index is 427. The Balaban J connectivity index is 1.66. The number of hydrogen-bond acceptors (Lipinski definition) is 3. The lowest BCUT2D eigenvalue weighted by Crippen LogP contribution is -2.57. The van der Waals surface area contributed by atoms with Crippen molar-refractivity contribution in [3.8, 4) is 0 Å². The van der Waals surface area contributed by atoms with Gasteiger partial charge in [-0.3, -0.25) is 9.58 Å². The molecule has 1 aromatic rings. The van der Waals surface area contributed by atoms with E-state index in [1.54, 1.807) is 0 Å². The largest absolute Gasteiger partial charge is 0.326 e. The van der Waals surface area contributed by atoms with Crippen LogP contribution in [0.25, 0.3) is 0 Å². The van der Waals surface area contributed by atoms with Crippen molar-refractivity contribution in [1.29, 1.82) is 0 Å². The van der Waals surface area contributed by atoms with Crippen LogP contribution in [0.5, 0.6) is 0 Å². The van der Waals surface area contributed by atoms with Gasteiger partial charge in [0, 0.05) is 30.5 Å². The van der Waals surface area contributed by atoms with Gasteiger partial charge in [0.25, 0.3) is 0 Å². The maximum absolute atomic E-state index is 6.69. The lowest BCUT2D eigenvalue weighted by molar-refractivity contribution is 0.0887. The molecule has 4 nitrogen and oxygen atoms in total. The molecule has 2 heterocycles. The zero-order valence-corrected chi connectivity index (χ0v) is 12.7. The van der Waals surface area contributed by atoms with Crippen LogP contribution >= 0.6 is 0 Å². The van der Waals surface area contributed by atoms with Crippen molar-refractivity contribution >= 4 is 0 Å². The topological polar surface area (TPSA) is 47.1 Å². The van der Waals surface area contributed by atoms with Crippen LogP contribution in [0.3, 0.4) is 0 Å². The molecule has 1 saturated heterocycles. The first kappa shape index (κ1) is 14.1. The first-order valence-corrected chi connectivity index (χ1v) is 8.20. The van der Waals surface area contributed by atoms with E-state index in [-0.39, 0.29) is 0 Å². The quantitative estimate of drug-likeness (QED) is 0.896. The van der Waals surface area contributed by atoms with Gasteiger partial charge in [-0.25, -0.2) is 0 Å². The van der Waals surface area contributed by atoms with Gasteiger partial charge in [-0.05, 0) is 57.7 Å². The predicted octanol–water partition coefficient (Wildman–Crippen LogP) is 2.09. The van der Waals surface area contributed by atoms with E-state index in [4.69, 9.17) is 5.73 Å². The maximum Gasteiger partial charge on any atom is 0.0492 e. The highest BCUT2D eigenvalue weighted by Gasteiger charge is 2.44. The smallest absolute Gasteiger partial charge is 0.0492 e. The summed E-state index contributed by atoms with van der Waals surface area (Å²) in [4.78, 5) is 2.72. The molecule has 2 fully saturated rings. The van der Waals surface area contributed by atoms with Crippen LogP contribution in [0.2, 0.25) is 0 Å². The molecule has 1 aromatic heterocycles. The summed E-state index contributed by atoms with van der Waals surface area (Å²) in [6, 6.07) is 2.42. The summed E-state index contributed by atoms with van der Waals surface area (Å²) >= 11 is 0. The van der Waals surface area contributed by atoms with Crippen LogP contribution in [0.1, 0.15) is 50.6 Å². The standard InChI is InChI=1S/C16H28N4/c1-19-14(8-11-18-19)6-7-15(17)16(9-2-3-10-16)20-12-4-5-13-20/h8,11,15H,2-7,9-10,12-13,17H2,1H3. The SMILES string of the molecule is Cn1nccc1CCC(N)C1(N2CCCC2)CCCC1. The van der Waals surface area contributed by atoms with Crippen LogP contribution in [0, 0.1) is 0 Å². The second-order valence-corrected chi connectivity index (χ2v) is 6.60. The molecule has 4 heteroatoms. The maximum atomic E-state index is 6.69. The average molecular weight is 276 g/mol. The predicted molar refractivity (Wildman–Crippen MR) is 81.5 cm³/mol. The normalized spacial score (nSPS) is 24.3. The zero-order chi connectivity index (χ0) is 14.0. The van der Waals surface area contributed by atoms with Crippen molar-refractivity contribution < 1.29 is 0 Å². The number of nitrogens with zero attached hydrogens (tertiary/aromatic N) is 3. The highest BCUT2D eigenvalue weighted by molar-refractivity contribution is 5.06. The van der Waals surface area contributed by atoms with Crippen molar-refractivity contribution in [2.45, 2.75) is 62.9 Å². The van der Waals surface area contributed by atoms with Gasteiger partial charge in [0.2, 0.25) is 0 Å². The van der Waals surface area contributed by atoms with Gasteiger partial charge < -0.3 is 5.73 Å². The van der Waals surface area contributed by atoms with Crippen LogP contribution in [0.15, 0.2) is 12.3 Å². The zero-order valence-electron chi connectivity index (χ0n) is 12.7. The molecule has 0 spiro atoms. The van der Waals surface area contributed by atoms with Crippen molar-refractivity contribution in [2.75, 3.05) is 13.1 Å². The molecule has 3 rings (SSSR count). The Kier molecular flexibility index (Phi) is 4.13. The van der Waals surface area contributed by atoms with Gasteiger partial charge in [0.1, 0.15) is 0 Å². The van der Waals surface area contributed by atoms with E-state index in [0.29, 0.717) is 11.6 Å². The molecular weight excluding hydrogens is 248 g/mol. The number of aromatic nitrogens is 2. The summed E-state index contributed by atoms with van der Waals surface area (Å²) in [5.41, 5.74) is 8.29. The van der Waals surface area contributed by atoms with Crippen molar-refractivity contribution in [3.63, 3.8) is 0 Å². The monoisotopic (exact) mass is 276 g/mol. The first-order valence-electron chi connectivity index (χ1n) is 8.20. The molecule has 1 aliphatic heterocycles. The second-order valence-electron chi connectivity index (χ2n) is 6.60. The molecule has 1 aliphatic carbocycles. The Hall–Kier alpha value is -0.870. The molecule has 2 N–H and O–H groups in total. The molecule has 1 unspecified atom stereocenters. The Morgan fingerprint density at radius 2 is 1.95 bits per heavy atom. The van der Waals surface area contributed by atoms with Crippen LogP contribution in [0.4, 0.5) is 0 Å². The molecule has 1 atom stereocenters. The van der Waals surface area contributed by atoms with Crippen LogP contribution in [-0.4, -0.2) is 39.4 Å². The van der Waals surface area contributed by atoms with E-state index in [9.17, 15) is 0 Å². The Labute approximate surface area is 122 Å². The molecule has 112 valence electrons. The average Bonchev–Trinajstić information content (AvgIpc) is 3.18. The molecule has 20 heavy (non-hydrogen) atoms. The number of likely N-dealkylation sites (tertiary alicyclic amines) is 1. The minimum atomic E-state index is 0.301. The number of hydrogen-bond donors (Lipinski definition) is 1. The molecule has 1 saturated carbocycles. The third kappa shape index (κ3) is 2.51. The minimum Gasteiger partial charge on any atom is -0.326 e. The molecule has 0 amide bonds. The molecule has 0 aromatic carbocycles. The number of aryl methyl sites for hydroxylation is 2. The lowest BCUT2D eigenvalue weighted by Gasteiger charge is -2.43. The third-order valence-corrected chi connectivity index (χ3v) is 5.53. The van der Waals surface area contributed by atoms with Crippen LogP contribution in [-0.2, 0) is 13.5 Å². The summed E-state index contributed by atoms with van der Waals surface area (Å²) < 4.78 is 1.98. The molecule has 0 bridgehead atoms. The van der Waals surface area contributed by atoms with E-state index in [1.807, 2.05) is 17.9 Å². The van der Waals surface area contributed by atoms with Crippen LogP contribution < -0.4 is 5.73 Å². The van der Waals surface area contributed by atoms with Crippen molar-refractivity contribution in [3.05, 3.63) is 18.0 Å². The van der Waals surface area contributed by atoms with Gasteiger partial charge in [-0.15, -0.1) is 0 Å². The highest BCUT2D eigenvalue weighted by atomic mass is 15.3. The number of nitrogens with two attached hydrogens (primary N) is 1. The fourth-order valence-electron chi connectivity index (χ4n) is 4.29. The van der Waals surface area contributed by atoms with Gasteiger partial charge >= 0.3 is 0 Å². The Morgan fingerprint density at radius 1 is 1.25 bits per heavy atom. The van der Waals surface area contributed by atoms with E-state index in [1.165, 1.54) is 57.3 Å². The minimum absolute atomic E-state index is 0.301. The highest BCUT2D eigenvalue weighted by Crippen LogP contribution is 2.40. The van der Waals surface area contributed by atoms with E-state index >= 15 is 0 Å². The summed E-state index contributed by atoms with van der Waals surface area (Å²) in [6.45, 7) is 2.53. The van der Waals surface area contributed by atoms with Gasteiger partial charge in [-0.2, -0.15) is 5.10 Å². The summed E-state index contributed by atoms with van der Waals surface area (Å²) in [6.07, 6.45) is 12.0. The molecular formula is C16H28N4. The first-order chi connectivity index (χ1) is 9.72. The van der Waals surface area contributed by atoms with Crippen molar-refractivity contribution in [2.24, 2.45) is 12.8 Å². The third-order valence-electron chi connectivity index (χ3n) is 5.53. The number of rotatable bonds is 5. The summed E-state index contributed by atoms with van der Waals surface area (Å²) in [7, 11) is 2.02. The van der Waals surface area contributed by atoms with E-state index in [2.05, 4.69) is 16.1 Å². The second kappa shape index (κ2) is 5.86. The van der Waals surface area contributed by atoms with Gasteiger partial charge in [0.05, 0.1) is 0 Å². The van der Waals surface area contributed by atoms with Gasteiger partial charge in [0.15, 0.2) is 0 Å². The fourth-order valence-corrected chi connectivity index (χ4v) is 4.29. The Morgan fingerprint density at radius 3 is 2.55 bits per heavy atom. The van der Waals surface area contributed by atoms with E-state index < -0.39 is 0 Å². The summed E-state index contributed by atoms with van der Waals surface area (Å²) in [5, 5.41) is 4.25. The summed E-state index contributed by atoms with van der Waals surface area (Å²) in [5.74, 6) is 0. The fraction of sp³-hybridized carbons (Fsp3) is 0.812. The molecule has 2 aliphatic rings. The van der Waals surface area contributed by atoms with Gasteiger partial charge in [-0.1, -0.05) is 12.8 Å². The molecule has 0 radical (unpaired) electrons. The lowest BCUT2D eigenvalue weighted by atomic mass is 9.84.